The molecule has 2 heteroatoms. The van der Waals surface area contributed by atoms with Crippen LogP contribution in [0.15, 0.2) is 24.3 Å². The summed E-state index contributed by atoms with van der Waals surface area (Å²) in [7, 11) is 0. The Balaban J connectivity index is 2.20. The largest absolute Gasteiger partial charge is 0.371 e. The average Bonchev–Trinajstić information content (AvgIpc) is 2.87. The third kappa shape index (κ3) is 3.11. The third-order valence-corrected chi connectivity index (χ3v) is 4.53. The number of benzene rings is 1. The second-order valence-electron chi connectivity index (χ2n) is 6.87. The van der Waals surface area contributed by atoms with Crippen LogP contribution >= 0.6 is 0 Å². The number of nitrogens with two attached hydrogens (primary N) is 1. The summed E-state index contributed by atoms with van der Waals surface area (Å²) in [5.41, 5.74) is 9.31. The molecular weight excluding hydrogens is 232 g/mol. The van der Waals surface area contributed by atoms with Gasteiger partial charge in [-0.2, -0.15) is 0 Å². The molecule has 19 heavy (non-hydrogen) atoms. The summed E-state index contributed by atoms with van der Waals surface area (Å²) >= 11 is 0. The predicted molar refractivity (Wildman–Crippen MR) is 83.4 cm³/mol. The van der Waals surface area contributed by atoms with Gasteiger partial charge in [0.25, 0.3) is 0 Å². The van der Waals surface area contributed by atoms with E-state index in [9.17, 15) is 0 Å². The van der Waals surface area contributed by atoms with Crippen molar-refractivity contribution in [2.75, 3.05) is 18.0 Å². The molecule has 2 atom stereocenters. The number of rotatable bonds is 3. The molecule has 0 radical (unpaired) electrons. The Morgan fingerprint density at radius 3 is 2.58 bits per heavy atom. The Labute approximate surface area is 118 Å². The molecule has 0 spiro atoms. The lowest BCUT2D eigenvalue weighted by molar-refractivity contribution is 0.263. The molecule has 2 rings (SSSR count). The molecule has 2 nitrogen and oxygen atoms in total. The van der Waals surface area contributed by atoms with Gasteiger partial charge in [0.15, 0.2) is 0 Å². The second kappa shape index (κ2) is 5.54. The van der Waals surface area contributed by atoms with Gasteiger partial charge < -0.3 is 10.6 Å². The number of hydrogen-bond donors (Lipinski definition) is 1. The van der Waals surface area contributed by atoms with Crippen LogP contribution in [-0.4, -0.2) is 13.1 Å². The Morgan fingerprint density at radius 1 is 1.32 bits per heavy atom. The molecule has 0 saturated carbocycles. The monoisotopic (exact) mass is 260 g/mol. The minimum absolute atomic E-state index is 0.157. The van der Waals surface area contributed by atoms with Crippen molar-refractivity contribution in [2.24, 2.45) is 17.1 Å². The molecule has 1 aromatic rings. The van der Waals surface area contributed by atoms with E-state index in [1.807, 2.05) is 0 Å². The standard InChI is InChI=1S/C17H28N2/c1-5-15(18)14-8-6-7-9-16(14)19-11-10-13(12-19)17(2,3)4/h6-9,13,15H,5,10-12,18H2,1-4H3. The van der Waals surface area contributed by atoms with Crippen molar-refractivity contribution in [3.63, 3.8) is 0 Å². The highest BCUT2D eigenvalue weighted by molar-refractivity contribution is 5.55. The van der Waals surface area contributed by atoms with E-state index in [1.165, 1.54) is 17.7 Å². The summed E-state index contributed by atoms with van der Waals surface area (Å²) in [5.74, 6) is 0.776. The fourth-order valence-electron chi connectivity index (χ4n) is 2.99. The van der Waals surface area contributed by atoms with Crippen molar-refractivity contribution in [3.05, 3.63) is 29.8 Å². The van der Waals surface area contributed by atoms with Crippen LogP contribution in [0.2, 0.25) is 0 Å². The van der Waals surface area contributed by atoms with E-state index in [2.05, 4.69) is 56.9 Å². The fourth-order valence-corrected chi connectivity index (χ4v) is 2.99. The summed E-state index contributed by atoms with van der Waals surface area (Å²) in [5, 5.41) is 0. The number of hydrogen-bond acceptors (Lipinski definition) is 2. The zero-order chi connectivity index (χ0) is 14.0. The molecule has 1 aliphatic heterocycles. The van der Waals surface area contributed by atoms with Crippen LogP contribution in [0, 0.1) is 11.3 Å². The first-order chi connectivity index (χ1) is 8.93. The van der Waals surface area contributed by atoms with Crippen LogP contribution in [-0.2, 0) is 0 Å². The zero-order valence-electron chi connectivity index (χ0n) is 12.8. The van der Waals surface area contributed by atoms with Gasteiger partial charge in [0, 0.05) is 24.8 Å². The number of nitrogens with zero attached hydrogens (tertiary/aromatic N) is 1. The first-order valence-corrected chi connectivity index (χ1v) is 7.53. The Hall–Kier alpha value is -1.02. The van der Waals surface area contributed by atoms with E-state index in [4.69, 9.17) is 5.73 Å². The van der Waals surface area contributed by atoms with Crippen LogP contribution in [0.5, 0.6) is 0 Å². The summed E-state index contributed by atoms with van der Waals surface area (Å²) in [6, 6.07) is 8.81. The Morgan fingerprint density at radius 2 is 2.00 bits per heavy atom. The third-order valence-electron chi connectivity index (χ3n) is 4.53. The summed E-state index contributed by atoms with van der Waals surface area (Å²) in [4.78, 5) is 2.53. The van der Waals surface area contributed by atoms with E-state index in [0.29, 0.717) is 5.41 Å². The highest BCUT2D eigenvalue weighted by Crippen LogP contribution is 2.37. The van der Waals surface area contributed by atoms with Crippen molar-refractivity contribution < 1.29 is 0 Å². The Bertz CT molecular complexity index is 420. The lowest BCUT2D eigenvalue weighted by Crippen LogP contribution is -2.27. The summed E-state index contributed by atoms with van der Waals surface area (Å²) < 4.78 is 0. The molecule has 1 aliphatic rings. The van der Waals surface area contributed by atoms with Crippen LogP contribution in [0.4, 0.5) is 5.69 Å². The van der Waals surface area contributed by atoms with Crippen molar-refractivity contribution in [1.82, 2.24) is 0 Å². The maximum absolute atomic E-state index is 6.26. The molecule has 1 heterocycles. The van der Waals surface area contributed by atoms with E-state index >= 15 is 0 Å². The second-order valence-corrected chi connectivity index (χ2v) is 6.87. The van der Waals surface area contributed by atoms with Gasteiger partial charge in [0.2, 0.25) is 0 Å². The van der Waals surface area contributed by atoms with Gasteiger partial charge >= 0.3 is 0 Å². The van der Waals surface area contributed by atoms with Crippen LogP contribution in [0.3, 0.4) is 0 Å². The molecule has 0 aliphatic carbocycles. The summed E-state index contributed by atoms with van der Waals surface area (Å²) in [6.45, 7) is 11.5. The highest BCUT2D eigenvalue weighted by atomic mass is 15.2. The van der Waals surface area contributed by atoms with Gasteiger partial charge in [-0.05, 0) is 35.8 Å². The summed E-state index contributed by atoms with van der Waals surface area (Å²) in [6.07, 6.45) is 2.28. The average molecular weight is 260 g/mol. The maximum Gasteiger partial charge on any atom is 0.0414 e. The molecular formula is C17H28N2. The Kier molecular flexibility index (Phi) is 4.19. The lowest BCUT2D eigenvalue weighted by Gasteiger charge is -2.29. The molecule has 2 N–H and O–H groups in total. The van der Waals surface area contributed by atoms with Crippen LogP contribution in [0.1, 0.15) is 52.1 Å². The molecule has 1 fully saturated rings. The molecule has 1 saturated heterocycles. The highest BCUT2D eigenvalue weighted by Gasteiger charge is 2.32. The molecule has 0 amide bonds. The first kappa shape index (κ1) is 14.4. The minimum atomic E-state index is 0.157. The molecule has 0 bridgehead atoms. The molecule has 1 aromatic carbocycles. The lowest BCUT2D eigenvalue weighted by atomic mass is 9.80. The van der Waals surface area contributed by atoms with Gasteiger partial charge in [-0.15, -0.1) is 0 Å². The topological polar surface area (TPSA) is 29.3 Å². The van der Waals surface area contributed by atoms with Gasteiger partial charge in [0.1, 0.15) is 0 Å². The quantitative estimate of drug-likeness (QED) is 0.891. The fraction of sp³-hybridized carbons (Fsp3) is 0.647. The van der Waals surface area contributed by atoms with Crippen LogP contribution in [0.25, 0.3) is 0 Å². The van der Waals surface area contributed by atoms with Gasteiger partial charge in [-0.3, -0.25) is 0 Å². The van der Waals surface area contributed by atoms with E-state index in [1.54, 1.807) is 0 Å². The van der Waals surface area contributed by atoms with Gasteiger partial charge in [-0.25, -0.2) is 0 Å². The molecule has 0 aromatic heterocycles. The number of anilines is 1. The van der Waals surface area contributed by atoms with Gasteiger partial charge in [0.05, 0.1) is 0 Å². The normalized spacial score (nSPS) is 21.7. The van der Waals surface area contributed by atoms with E-state index in [0.717, 1.165) is 25.4 Å². The van der Waals surface area contributed by atoms with Crippen molar-refractivity contribution in [2.45, 2.75) is 46.6 Å². The van der Waals surface area contributed by atoms with Crippen LogP contribution < -0.4 is 10.6 Å². The smallest absolute Gasteiger partial charge is 0.0414 e. The number of para-hydroxylation sites is 1. The molecule has 106 valence electrons. The minimum Gasteiger partial charge on any atom is -0.371 e. The first-order valence-electron chi connectivity index (χ1n) is 7.53. The van der Waals surface area contributed by atoms with E-state index < -0.39 is 0 Å². The van der Waals surface area contributed by atoms with Crippen molar-refractivity contribution >= 4 is 5.69 Å². The van der Waals surface area contributed by atoms with Gasteiger partial charge in [-0.1, -0.05) is 45.9 Å². The molecule has 2 unspecified atom stereocenters. The SMILES string of the molecule is CCC(N)c1ccccc1N1CCC(C(C)(C)C)C1. The van der Waals surface area contributed by atoms with Crippen molar-refractivity contribution in [1.29, 1.82) is 0 Å². The van der Waals surface area contributed by atoms with E-state index in [-0.39, 0.29) is 6.04 Å². The zero-order valence-corrected chi connectivity index (χ0v) is 12.8. The maximum atomic E-state index is 6.26. The predicted octanol–water partition coefficient (Wildman–Crippen LogP) is 3.97. The van der Waals surface area contributed by atoms with Crippen molar-refractivity contribution in [3.8, 4) is 0 Å².